The molecule has 2 aromatic heterocycles. The predicted octanol–water partition coefficient (Wildman–Crippen LogP) is 4.90. The van der Waals surface area contributed by atoms with Gasteiger partial charge in [0.1, 0.15) is 5.69 Å². The minimum absolute atomic E-state index is 0.647. The summed E-state index contributed by atoms with van der Waals surface area (Å²) in [4.78, 5) is 8.25. The smallest absolute Gasteiger partial charge is 0.175 e. The number of nitrogens with zero attached hydrogens (tertiary/aromatic N) is 4. The fraction of sp³-hybridized carbons (Fsp3) is 0.143. The fourth-order valence-electron chi connectivity index (χ4n) is 1.76. The quantitative estimate of drug-likeness (QED) is 0.612. The van der Waals surface area contributed by atoms with Gasteiger partial charge in [-0.1, -0.05) is 52.4 Å². The summed E-state index contributed by atoms with van der Waals surface area (Å²) in [5.74, 6) is 0.647. The molecule has 1 aromatic carbocycles. The van der Waals surface area contributed by atoms with E-state index in [-0.39, 0.29) is 0 Å². The zero-order valence-corrected chi connectivity index (χ0v) is 14.6. The second-order valence-electron chi connectivity index (χ2n) is 4.41. The molecule has 0 atom stereocenters. The van der Waals surface area contributed by atoms with Gasteiger partial charge in [0.05, 0.1) is 6.20 Å². The maximum absolute atomic E-state index is 6.32. The number of hydrogen-bond donors (Lipinski definition) is 0. The number of aromatic nitrogens is 4. The third-order valence-corrected chi connectivity index (χ3v) is 5.89. The molecular weight excluding hydrogens is 359 g/mol. The molecule has 8 heteroatoms. The van der Waals surface area contributed by atoms with Crippen LogP contribution in [0.15, 0.2) is 35.1 Å². The van der Waals surface area contributed by atoms with Crippen LogP contribution in [0.25, 0.3) is 10.7 Å². The lowest BCUT2D eigenvalue weighted by Gasteiger charge is -2.07. The number of aryl methyl sites for hydroxylation is 1. The average molecular weight is 369 g/mol. The Balaban J connectivity index is 1.76. The van der Waals surface area contributed by atoms with Crippen LogP contribution in [0.5, 0.6) is 0 Å². The molecule has 112 valence electrons. The molecule has 0 bridgehead atoms. The minimum atomic E-state index is 0.647. The number of thioether (sulfide) groups is 1. The zero-order valence-electron chi connectivity index (χ0n) is 11.5. The normalized spacial score (nSPS) is 10.9. The summed E-state index contributed by atoms with van der Waals surface area (Å²) in [5, 5.41) is 10.4. The lowest BCUT2D eigenvalue weighted by Crippen LogP contribution is -1.88. The number of rotatable bonds is 4. The van der Waals surface area contributed by atoms with Crippen LogP contribution < -0.4 is 0 Å². The first-order valence-electron chi connectivity index (χ1n) is 6.31. The van der Waals surface area contributed by atoms with Crippen molar-refractivity contribution in [1.82, 2.24) is 20.2 Å². The van der Waals surface area contributed by atoms with Gasteiger partial charge in [0.25, 0.3) is 0 Å². The molecule has 3 rings (SSSR count). The molecule has 3 aromatic rings. The average Bonchev–Trinajstić information content (AvgIpc) is 3.01. The van der Waals surface area contributed by atoms with E-state index in [4.69, 9.17) is 23.2 Å². The Bertz CT molecular complexity index is 793. The summed E-state index contributed by atoms with van der Waals surface area (Å²) < 4.78 is 0.842. The van der Waals surface area contributed by atoms with Crippen LogP contribution in [-0.4, -0.2) is 20.2 Å². The van der Waals surface area contributed by atoms with Crippen molar-refractivity contribution in [2.24, 2.45) is 0 Å². The third kappa shape index (κ3) is 3.41. The van der Waals surface area contributed by atoms with Crippen molar-refractivity contribution in [2.75, 3.05) is 0 Å². The van der Waals surface area contributed by atoms with Crippen LogP contribution in [0.3, 0.4) is 0 Å². The van der Waals surface area contributed by atoms with Gasteiger partial charge in [-0.2, -0.15) is 0 Å². The monoisotopic (exact) mass is 368 g/mol. The zero-order chi connectivity index (χ0) is 15.5. The van der Waals surface area contributed by atoms with Gasteiger partial charge < -0.3 is 0 Å². The van der Waals surface area contributed by atoms with Crippen molar-refractivity contribution in [1.29, 1.82) is 0 Å². The van der Waals surface area contributed by atoms with Gasteiger partial charge in [-0.05, 0) is 24.1 Å². The van der Waals surface area contributed by atoms with Crippen molar-refractivity contribution in [3.05, 3.63) is 51.9 Å². The lowest BCUT2D eigenvalue weighted by molar-refractivity contribution is 1.01. The number of benzene rings is 1. The Morgan fingerprint density at radius 3 is 2.82 bits per heavy atom. The highest BCUT2D eigenvalue weighted by atomic mass is 35.5. The SMILES string of the molecule is Cc1ccc(Cl)c(CSc2nnc(-c3cnccn3)s2)c1Cl. The molecule has 0 aliphatic rings. The molecule has 22 heavy (non-hydrogen) atoms. The van der Waals surface area contributed by atoms with E-state index in [0.717, 1.165) is 26.2 Å². The van der Waals surface area contributed by atoms with Gasteiger partial charge in [0, 0.05) is 28.2 Å². The summed E-state index contributed by atoms with van der Waals surface area (Å²) in [6.45, 7) is 1.96. The Morgan fingerprint density at radius 1 is 1.18 bits per heavy atom. The Morgan fingerprint density at radius 2 is 2.05 bits per heavy atom. The number of hydrogen-bond acceptors (Lipinski definition) is 6. The highest BCUT2D eigenvalue weighted by molar-refractivity contribution is 8.00. The lowest BCUT2D eigenvalue weighted by atomic mass is 10.1. The minimum Gasteiger partial charge on any atom is -0.261 e. The van der Waals surface area contributed by atoms with E-state index in [1.54, 1.807) is 30.4 Å². The van der Waals surface area contributed by atoms with Crippen LogP contribution in [0.1, 0.15) is 11.1 Å². The van der Waals surface area contributed by atoms with E-state index < -0.39 is 0 Å². The van der Waals surface area contributed by atoms with Gasteiger partial charge in [0.15, 0.2) is 9.35 Å². The van der Waals surface area contributed by atoms with E-state index in [1.807, 2.05) is 19.1 Å². The van der Waals surface area contributed by atoms with Crippen LogP contribution in [0.4, 0.5) is 0 Å². The third-order valence-electron chi connectivity index (χ3n) is 2.91. The number of halogens is 2. The van der Waals surface area contributed by atoms with E-state index in [1.165, 1.54) is 11.3 Å². The van der Waals surface area contributed by atoms with Gasteiger partial charge in [0.2, 0.25) is 0 Å². The Labute approximate surface area is 145 Å². The second-order valence-corrected chi connectivity index (χ2v) is 7.39. The van der Waals surface area contributed by atoms with Crippen LogP contribution >= 0.6 is 46.3 Å². The van der Waals surface area contributed by atoms with Crippen LogP contribution in [-0.2, 0) is 5.75 Å². The maximum atomic E-state index is 6.32. The molecule has 0 N–H and O–H groups in total. The topological polar surface area (TPSA) is 51.6 Å². The molecule has 0 aliphatic heterocycles. The standard InChI is InChI=1S/C14H10Cl2N4S2/c1-8-2-3-10(15)9(12(8)16)7-21-14-20-19-13(22-14)11-6-17-4-5-18-11/h2-6H,7H2,1H3. The van der Waals surface area contributed by atoms with Crippen molar-refractivity contribution in [3.8, 4) is 10.7 Å². The van der Waals surface area contributed by atoms with Crippen LogP contribution in [0, 0.1) is 6.92 Å². The van der Waals surface area contributed by atoms with E-state index >= 15 is 0 Å². The van der Waals surface area contributed by atoms with E-state index in [2.05, 4.69) is 20.2 Å². The van der Waals surface area contributed by atoms with Crippen molar-refractivity contribution in [2.45, 2.75) is 17.0 Å². The molecule has 4 nitrogen and oxygen atoms in total. The fourth-order valence-corrected chi connectivity index (χ4v) is 4.28. The van der Waals surface area contributed by atoms with Gasteiger partial charge in [-0.15, -0.1) is 10.2 Å². The van der Waals surface area contributed by atoms with Gasteiger partial charge in [-0.25, -0.2) is 0 Å². The van der Waals surface area contributed by atoms with Crippen molar-refractivity contribution < 1.29 is 0 Å². The summed E-state index contributed by atoms with van der Waals surface area (Å²) in [6, 6.07) is 3.78. The molecule has 0 spiro atoms. The highest BCUT2D eigenvalue weighted by Gasteiger charge is 2.12. The first kappa shape index (κ1) is 15.7. The maximum Gasteiger partial charge on any atom is 0.175 e. The van der Waals surface area contributed by atoms with Crippen molar-refractivity contribution in [3.63, 3.8) is 0 Å². The first-order chi connectivity index (χ1) is 10.6. The molecule has 0 fully saturated rings. The van der Waals surface area contributed by atoms with E-state index in [9.17, 15) is 0 Å². The predicted molar refractivity (Wildman–Crippen MR) is 91.7 cm³/mol. The molecule has 2 heterocycles. The molecule has 0 saturated heterocycles. The molecule has 0 saturated carbocycles. The summed E-state index contributed by atoms with van der Waals surface area (Å²) >= 11 is 15.6. The molecule has 0 amide bonds. The highest BCUT2D eigenvalue weighted by Crippen LogP contribution is 2.35. The summed E-state index contributed by atoms with van der Waals surface area (Å²) in [6.07, 6.45) is 4.93. The Hall–Kier alpha value is -1.21. The van der Waals surface area contributed by atoms with Gasteiger partial charge in [-0.3, -0.25) is 9.97 Å². The largest absolute Gasteiger partial charge is 0.261 e. The molecule has 0 unspecified atom stereocenters. The summed E-state index contributed by atoms with van der Waals surface area (Å²) in [7, 11) is 0. The molecule has 0 radical (unpaired) electrons. The van der Waals surface area contributed by atoms with Crippen LogP contribution in [0.2, 0.25) is 10.0 Å². The van der Waals surface area contributed by atoms with E-state index in [0.29, 0.717) is 15.8 Å². The first-order valence-corrected chi connectivity index (χ1v) is 8.87. The molecule has 0 aliphatic carbocycles. The summed E-state index contributed by atoms with van der Waals surface area (Å²) in [5.41, 5.74) is 2.65. The second kappa shape index (κ2) is 6.91. The Kier molecular flexibility index (Phi) is 4.93. The van der Waals surface area contributed by atoms with Gasteiger partial charge >= 0.3 is 0 Å². The molecular formula is C14H10Cl2N4S2. The van der Waals surface area contributed by atoms with Crippen molar-refractivity contribution >= 4 is 46.3 Å².